The molecule has 2 N–H and O–H groups in total. The SMILES string of the molecule is CCC(=O)N[C@@H]1CCCN(C(=O)N[C@H]2C=CCCC2)C1. The van der Waals surface area contributed by atoms with Gasteiger partial charge in [0.05, 0.1) is 0 Å². The van der Waals surface area contributed by atoms with Crippen molar-refractivity contribution in [3.8, 4) is 0 Å². The second-order valence-electron chi connectivity index (χ2n) is 5.62. The van der Waals surface area contributed by atoms with Gasteiger partial charge in [-0.05, 0) is 32.1 Å². The molecule has 2 atom stereocenters. The lowest BCUT2D eigenvalue weighted by Crippen LogP contribution is -2.53. The Morgan fingerprint density at radius 1 is 1.25 bits per heavy atom. The van der Waals surface area contributed by atoms with E-state index in [2.05, 4.69) is 22.8 Å². The Morgan fingerprint density at radius 2 is 2.10 bits per heavy atom. The maximum atomic E-state index is 12.2. The topological polar surface area (TPSA) is 61.4 Å². The molecule has 0 radical (unpaired) electrons. The van der Waals surface area contributed by atoms with E-state index in [1.807, 2.05) is 11.8 Å². The molecule has 20 heavy (non-hydrogen) atoms. The fourth-order valence-corrected chi connectivity index (χ4v) is 2.79. The van der Waals surface area contributed by atoms with Crippen LogP contribution in [-0.2, 0) is 4.79 Å². The first-order valence-electron chi connectivity index (χ1n) is 7.70. The minimum absolute atomic E-state index is 0.00278. The van der Waals surface area contributed by atoms with E-state index in [9.17, 15) is 9.59 Å². The number of carbonyl (C=O) groups is 2. The van der Waals surface area contributed by atoms with Gasteiger partial charge in [-0.2, -0.15) is 0 Å². The van der Waals surface area contributed by atoms with Crippen molar-refractivity contribution in [3.05, 3.63) is 12.2 Å². The molecule has 5 nitrogen and oxygen atoms in total. The van der Waals surface area contributed by atoms with Gasteiger partial charge < -0.3 is 15.5 Å². The average molecular weight is 279 g/mol. The van der Waals surface area contributed by atoms with Crippen LogP contribution in [0.1, 0.15) is 45.4 Å². The molecule has 1 heterocycles. The van der Waals surface area contributed by atoms with Gasteiger partial charge in [-0.15, -0.1) is 0 Å². The van der Waals surface area contributed by atoms with Crippen LogP contribution in [0.2, 0.25) is 0 Å². The zero-order valence-electron chi connectivity index (χ0n) is 12.2. The summed E-state index contributed by atoms with van der Waals surface area (Å²) in [5, 5.41) is 6.05. The number of amides is 3. The summed E-state index contributed by atoms with van der Waals surface area (Å²) in [7, 11) is 0. The van der Waals surface area contributed by atoms with Crippen LogP contribution in [0.5, 0.6) is 0 Å². The smallest absolute Gasteiger partial charge is 0.317 e. The van der Waals surface area contributed by atoms with Gasteiger partial charge in [0.15, 0.2) is 0 Å². The van der Waals surface area contributed by atoms with Gasteiger partial charge >= 0.3 is 6.03 Å². The summed E-state index contributed by atoms with van der Waals surface area (Å²) >= 11 is 0. The standard InChI is InChI=1S/C15H25N3O2/c1-2-14(19)16-13-9-6-10-18(11-13)15(20)17-12-7-4-3-5-8-12/h4,7,12-13H,2-3,5-6,8-11H2,1H3,(H,16,19)(H,17,20)/t12-,13+/m0/s1. The Morgan fingerprint density at radius 3 is 2.80 bits per heavy atom. The Bertz CT molecular complexity index is 381. The van der Waals surface area contributed by atoms with Crippen LogP contribution in [-0.4, -0.2) is 42.0 Å². The van der Waals surface area contributed by atoms with Crippen LogP contribution in [0.3, 0.4) is 0 Å². The number of hydrogen-bond donors (Lipinski definition) is 2. The highest BCUT2D eigenvalue weighted by atomic mass is 16.2. The maximum Gasteiger partial charge on any atom is 0.317 e. The third-order valence-electron chi connectivity index (χ3n) is 3.96. The lowest BCUT2D eigenvalue weighted by molar-refractivity contribution is -0.121. The van der Waals surface area contributed by atoms with E-state index in [-0.39, 0.29) is 24.0 Å². The van der Waals surface area contributed by atoms with Gasteiger partial charge in [0.2, 0.25) is 5.91 Å². The summed E-state index contributed by atoms with van der Waals surface area (Å²) < 4.78 is 0. The molecular formula is C15H25N3O2. The molecule has 0 aromatic rings. The molecule has 112 valence electrons. The van der Waals surface area contributed by atoms with Crippen molar-refractivity contribution in [2.45, 2.75) is 57.5 Å². The number of nitrogens with zero attached hydrogens (tertiary/aromatic N) is 1. The Labute approximate surface area is 120 Å². The lowest BCUT2D eigenvalue weighted by atomic mass is 10.0. The van der Waals surface area contributed by atoms with Gasteiger partial charge in [-0.25, -0.2) is 4.79 Å². The van der Waals surface area contributed by atoms with Crippen molar-refractivity contribution in [3.63, 3.8) is 0 Å². The highest BCUT2D eigenvalue weighted by Crippen LogP contribution is 2.13. The summed E-state index contributed by atoms with van der Waals surface area (Å²) in [6.07, 6.45) is 9.89. The van der Waals surface area contributed by atoms with E-state index in [0.717, 1.165) is 38.6 Å². The fraction of sp³-hybridized carbons (Fsp3) is 0.733. The molecule has 1 aliphatic heterocycles. The zero-order valence-corrected chi connectivity index (χ0v) is 12.2. The maximum absolute atomic E-state index is 12.2. The largest absolute Gasteiger partial charge is 0.352 e. The Kier molecular flexibility index (Phi) is 5.44. The number of allylic oxidation sites excluding steroid dienone is 1. The predicted octanol–water partition coefficient (Wildman–Crippen LogP) is 1.80. The number of hydrogen-bond acceptors (Lipinski definition) is 2. The molecule has 0 spiro atoms. The quantitative estimate of drug-likeness (QED) is 0.774. The van der Waals surface area contributed by atoms with Gasteiger partial charge in [0.25, 0.3) is 0 Å². The fourth-order valence-electron chi connectivity index (χ4n) is 2.79. The van der Waals surface area contributed by atoms with Crippen molar-refractivity contribution in [1.29, 1.82) is 0 Å². The first-order valence-corrected chi connectivity index (χ1v) is 7.70. The average Bonchev–Trinajstić information content (AvgIpc) is 2.48. The minimum Gasteiger partial charge on any atom is -0.352 e. The predicted molar refractivity (Wildman–Crippen MR) is 78.3 cm³/mol. The number of piperidine rings is 1. The molecule has 0 aromatic heterocycles. The van der Waals surface area contributed by atoms with E-state index in [1.165, 1.54) is 0 Å². The number of nitrogens with one attached hydrogen (secondary N) is 2. The normalized spacial score (nSPS) is 26.1. The van der Waals surface area contributed by atoms with E-state index in [0.29, 0.717) is 13.0 Å². The molecule has 1 fully saturated rings. The van der Waals surface area contributed by atoms with Crippen molar-refractivity contribution < 1.29 is 9.59 Å². The molecule has 1 saturated heterocycles. The van der Waals surface area contributed by atoms with Crippen molar-refractivity contribution in [2.75, 3.05) is 13.1 Å². The molecule has 3 amide bonds. The molecule has 1 aliphatic carbocycles. The van der Waals surface area contributed by atoms with E-state index in [1.54, 1.807) is 0 Å². The Balaban J connectivity index is 1.81. The molecule has 2 aliphatic rings. The lowest BCUT2D eigenvalue weighted by Gasteiger charge is -2.34. The van der Waals surface area contributed by atoms with E-state index in [4.69, 9.17) is 0 Å². The van der Waals surface area contributed by atoms with E-state index >= 15 is 0 Å². The van der Waals surface area contributed by atoms with E-state index < -0.39 is 0 Å². The monoisotopic (exact) mass is 279 g/mol. The van der Waals surface area contributed by atoms with Gasteiger partial charge in [-0.3, -0.25) is 4.79 Å². The van der Waals surface area contributed by atoms with Crippen LogP contribution < -0.4 is 10.6 Å². The number of carbonyl (C=O) groups excluding carboxylic acids is 2. The summed E-state index contributed by atoms with van der Waals surface area (Å²) in [5.41, 5.74) is 0. The number of urea groups is 1. The minimum atomic E-state index is -0.00278. The molecule has 0 aromatic carbocycles. The summed E-state index contributed by atoms with van der Waals surface area (Å²) in [5.74, 6) is 0.0625. The molecule has 2 rings (SSSR count). The van der Waals surface area contributed by atoms with Crippen LogP contribution in [0.4, 0.5) is 4.79 Å². The van der Waals surface area contributed by atoms with Gasteiger partial charge in [0, 0.05) is 31.6 Å². The summed E-state index contributed by atoms with van der Waals surface area (Å²) in [4.78, 5) is 25.5. The van der Waals surface area contributed by atoms with Crippen LogP contribution in [0.25, 0.3) is 0 Å². The van der Waals surface area contributed by atoms with Crippen LogP contribution in [0.15, 0.2) is 12.2 Å². The van der Waals surface area contributed by atoms with Crippen molar-refractivity contribution in [2.24, 2.45) is 0 Å². The first kappa shape index (κ1) is 14.9. The second kappa shape index (κ2) is 7.31. The van der Waals surface area contributed by atoms with Gasteiger partial charge in [0.1, 0.15) is 0 Å². The summed E-state index contributed by atoms with van der Waals surface area (Å²) in [6, 6.07) is 0.266. The highest BCUT2D eigenvalue weighted by molar-refractivity contribution is 5.77. The highest BCUT2D eigenvalue weighted by Gasteiger charge is 2.25. The molecular weight excluding hydrogens is 254 g/mol. The van der Waals surface area contributed by atoms with Crippen LogP contribution >= 0.6 is 0 Å². The Hall–Kier alpha value is -1.52. The third-order valence-corrected chi connectivity index (χ3v) is 3.96. The van der Waals surface area contributed by atoms with Gasteiger partial charge in [-0.1, -0.05) is 19.1 Å². The summed E-state index contributed by atoms with van der Waals surface area (Å²) in [6.45, 7) is 3.24. The first-order chi connectivity index (χ1) is 9.69. The van der Waals surface area contributed by atoms with Crippen molar-refractivity contribution in [1.82, 2.24) is 15.5 Å². The zero-order chi connectivity index (χ0) is 14.4. The second-order valence-corrected chi connectivity index (χ2v) is 5.62. The molecule has 0 saturated carbocycles. The number of rotatable bonds is 3. The molecule has 0 unspecified atom stereocenters. The molecule has 5 heteroatoms. The van der Waals surface area contributed by atoms with Crippen molar-refractivity contribution >= 4 is 11.9 Å². The number of likely N-dealkylation sites (tertiary alicyclic amines) is 1. The third kappa shape index (κ3) is 4.25. The van der Waals surface area contributed by atoms with Crippen LogP contribution in [0, 0.1) is 0 Å². The molecule has 0 bridgehead atoms.